The molecule has 0 amide bonds. The highest BCUT2D eigenvalue weighted by atomic mass is 16.3. The number of nitrogens with zero attached hydrogens (tertiary/aromatic N) is 1. The van der Waals surface area contributed by atoms with Gasteiger partial charge in [0.2, 0.25) is 0 Å². The molecule has 0 bridgehead atoms. The summed E-state index contributed by atoms with van der Waals surface area (Å²) in [5.41, 5.74) is 8.39. The van der Waals surface area contributed by atoms with Crippen LogP contribution in [0.5, 0.6) is 0 Å². The fourth-order valence-corrected chi connectivity index (χ4v) is 3.66. The van der Waals surface area contributed by atoms with E-state index in [0.29, 0.717) is 6.54 Å². The van der Waals surface area contributed by atoms with Gasteiger partial charge in [-0.15, -0.1) is 0 Å². The summed E-state index contributed by atoms with van der Waals surface area (Å²) in [6.07, 6.45) is 5.04. The Morgan fingerprint density at radius 2 is 2.00 bits per heavy atom. The van der Waals surface area contributed by atoms with Gasteiger partial charge in [0.1, 0.15) is 0 Å². The zero-order valence-corrected chi connectivity index (χ0v) is 13.7. The van der Waals surface area contributed by atoms with Gasteiger partial charge in [-0.25, -0.2) is 0 Å². The third-order valence-electron chi connectivity index (χ3n) is 4.81. The van der Waals surface area contributed by atoms with Crippen molar-refractivity contribution in [3.63, 3.8) is 0 Å². The van der Waals surface area contributed by atoms with Crippen molar-refractivity contribution < 1.29 is 5.11 Å². The van der Waals surface area contributed by atoms with Crippen LogP contribution >= 0.6 is 0 Å². The molecular weight excluding hydrogens is 260 g/mol. The first kappa shape index (κ1) is 16.5. The minimum Gasteiger partial charge on any atom is -0.389 e. The lowest BCUT2D eigenvalue weighted by molar-refractivity contribution is 0.00164. The second-order valence-corrected chi connectivity index (χ2v) is 6.78. The van der Waals surface area contributed by atoms with Gasteiger partial charge in [-0.05, 0) is 38.8 Å². The van der Waals surface area contributed by atoms with Crippen LogP contribution in [0.1, 0.15) is 56.2 Å². The van der Waals surface area contributed by atoms with Crippen molar-refractivity contribution in [3.8, 4) is 0 Å². The molecule has 3 N–H and O–H groups in total. The van der Waals surface area contributed by atoms with Crippen LogP contribution in [0, 0.1) is 6.92 Å². The number of hydrogen-bond donors (Lipinski definition) is 2. The Morgan fingerprint density at radius 3 is 2.57 bits per heavy atom. The van der Waals surface area contributed by atoms with Gasteiger partial charge in [-0.1, -0.05) is 49.6 Å². The average molecular weight is 290 g/mol. The second-order valence-electron chi connectivity index (χ2n) is 6.78. The molecule has 1 aliphatic carbocycles. The number of aliphatic hydroxyl groups is 1. The summed E-state index contributed by atoms with van der Waals surface area (Å²) in [6.45, 7) is 4.95. The molecule has 2 rings (SSSR count). The van der Waals surface area contributed by atoms with Crippen LogP contribution in [-0.4, -0.2) is 35.2 Å². The van der Waals surface area contributed by atoms with E-state index >= 15 is 0 Å². The maximum Gasteiger partial charge on any atom is 0.0774 e. The van der Waals surface area contributed by atoms with Crippen LogP contribution in [-0.2, 0) is 0 Å². The standard InChI is InChI=1S/C18H30N2O/c1-4-16(19)17(15-9-7-8-14(2)12-15)20(3)13-18(21)10-5-6-11-18/h7-9,12,16-17,21H,4-6,10-11,13,19H2,1-3H3. The first-order valence-corrected chi connectivity index (χ1v) is 8.20. The molecule has 0 radical (unpaired) electrons. The van der Waals surface area contributed by atoms with E-state index in [4.69, 9.17) is 5.73 Å². The minimum atomic E-state index is -0.524. The molecule has 2 unspecified atom stereocenters. The smallest absolute Gasteiger partial charge is 0.0774 e. The molecule has 2 atom stereocenters. The largest absolute Gasteiger partial charge is 0.389 e. The van der Waals surface area contributed by atoms with Gasteiger partial charge in [0.25, 0.3) is 0 Å². The van der Waals surface area contributed by atoms with Crippen LogP contribution in [0.25, 0.3) is 0 Å². The van der Waals surface area contributed by atoms with Crippen LogP contribution in [0.4, 0.5) is 0 Å². The van der Waals surface area contributed by atoms with Gasteiger partial charge < -0.3 is 10.8 Å². The van der Waals surface area contributed by atoms with Crippen molar-refractivity contribution in [3.05, 3.63) is 35.4 Å². The van der Waals surface area contributed by atoms with Gasteiger partial charge >= 0.3 is 0 Å². The van der Waals surface area contributed by atoms with Gasteiger partial charge in [0.15, 0.2) is 0 Å². The van der Waals surface area contributed by atoms with E-state index in [9.17, 15) is 5.11 Å². The Hall–Kier alpha value is -0.900. The van der Waals surface area contributed by atoms with E-state index in [2.05, 4.69) is 50.1 Å². The Kier molecular flexibility index (Phi) is 5.42. The summed E-state index contributed by atoms with van der Waals surface area (Å²) in [5.74, 6) is 0. The lowest BCUT2D eigenvalue weighted by Gasteiger charge is -2.37. The third-order valence-corrected chi connectivity index (χ3v) is 4.81. The van der Waals surface area contributed by atoms with E-state index in [1.165, 1.54) is 11.1 Å². The molecule has 0 aromatic heterocycles. The molecule has 118 valence electrons. The summed E-state index contributed by atoms with van der Waals surface area (Å²) in [6, 6.07) is 8.83. The molecule has 0 spiro atoms. The molecule has 0 heterocycles. The van der Waals surface area contributed by atoms with E-state index < -0.39 is 5.60 Å². The topological polar surface area (TPSA) is 49.5 Å². The fourth-order valence-electron chi connectivity index (χ4n) is 3.66. The summed E-state index contributed by atoms with van der Waals surface area (Å²) < 4.78 is 0. The number of benzene rings is 1. The predicted molar refractivity (Wildman–Crippen MR) is 88.2 cm³/mol. The minimum absolute atomic E-state index is 0.0850. The molecule has 1 saturated carbocycles. The zero-order valence-electron chi connectivity index (χ0n) is 13.7. The Balaban J connectivity index is 2.19. The first-order valence-electron chi connectivity index (χ1n) is 8.20. The third kappa shape index (κ3) is 4.06. The Labute approximate surface area is 129 Å². The molecule has 1 aliphatic rings. The van der Waals surface area contributed by atoms with Crippen molar-refractivity contribution in [1.82, 2.24) is 4.90 Å². The SMILES string of the molecule is CCC(N)C(c1cccc(C)c1)N(C)CC1(O)CCCC1. The first-order chi connectivity index (χ1) is 9.95. The van der Waals surface area contributed by atoms with Crippen molar-refractivity contribution in [2.45, 2.75) is 63.6 Å². The van der Waals surface area contributed by atoms with Crippen LogP contribution in [0.15, 0.2) is 24.3 Å². The number of likely N-dealkylation sites (N-methyl/N-ethyl adjacent to an activating group) is 1. The summed E-state index contributed by atoms with van der Waals surface area (Å²) in [7, 11) is 2.10. The summed E-state index contributed by atoms with van der Waals surface area (Å²) in [5, 5.41) is 10.7. The predicted octanol–water partition coefficient (Wildman–Crippen LogP) is 3.01. The molecule has 21 heavy (non-hydrogen) atoms. The quantitative estimate of drug-likeness (QED) is 0.846. The molecule has 3 nitrogen and oxygen atoms in total. The maximum absolute atomic E-state index is 10.7. The van der Waals surface area contributed by atoms with Gasteiger partial charge in [-0.3, -0.25) is 4.90 Å². The van der Waals surface area contributed by atoms with Crippen molar-refractivity contribution in [1.29, 1.82) is 0 Å². The lowest BCUT2D eigenvalue weighted by atomic mass is 9.93. The van der Waals surface area contributed by atoms with Crippen LogP contribution < -0.4 is 5.73 Å². The molecule has 1 aromatic carbocycles. The van der Waals surface area contributed by atoms with Crippen molar-refractivity contribution >= 4 is 0 Å². The van der Waals surface area contributed by atoms with E-state index in [1.54, 1.807) is 0 Å². The van der Waals surface area contributed by atoms with E-state index in [0.717, 1.165) is 32.1 Å². The molecule has 1 aromatic rings. The molecule has 1 fully saturated rings. The monoisotopic (exact) mass is 290 g/mol. The highest BCUT2D eigenvalue weighted by Gasteiger charge is 2.35. The van der Waals surface area contributed by atoms with Crippen LogP contribution in [0.3, 0.4) is 0 Å². The van der Waals surface area contributed by atoms with Crippen molar-refractivity contribution in [2.75, 3.05) is 13.6 Å². The summed E-state index contributed by atoms with van der Waals surface area (Å²) >= 11 is 0. The maximum atomic E-state index is 10.7. The second kappa shape index (κ2) is 6.91. The summed E-state index contributed by atoms with van der Waals surface area (Å²) in [4.78, 5) is 2.26. The number of hydrogen-bond acceptors (Lipinski definition) is 3. The Morgan fingerprint density at radius 1 is 1.33 bits per heavy atom. The Bertz CT molecular complexity index is 454. The zero-order chi connectivity index (χ0) is 15.5. The number of rotatable bonds is 6. The fraction of sp³-hybridized carbons (Fsp3) is 0.667. The lowest BCUT2D eigenvalue weighted by Crippen LogP contribution is -2.46. The molecule has 0 aliphatic heterocycles. The highest BCUT2D eigenvalue weighted by molar-refractivity contribution is 5.26. The van der Waals surface area contributed by atoms with Crippen molar-refractivity contribution in [2.24, 2.45) is 5.73 Å². The van der Waals surface area contributed by atoms with Gasteiger partial charge in [-0.2, -0.15) is 0 Å². The van der Waals surface area contributed by atoms with Crippen LogP contribution in [0.2, 0.25) is 0 Å². The van der Waals surface area contributed by atoms with Gasteiger partial charge in [0.05, 0.1) is 5.60 Å². The van der Waals surface area contributed by atoms with E-state index in [-0.39, 0.29) is 12.1 Å². The highest BCUT2D eigenvalue weighted by Crippen LogP contribution is 2.33. The normalized spacial score (nSPS) is 20.7. The molecular formula is C18H30N2O. The molecule has 3 heteroatoms. The number of nitrogens with two attached hydrogens (primary N) is 1. The van der Waals surface area contributed by atoms with E-state index in [1.807, 2.05) is 0 Å². The van der Waals surface area contributed by atoms with Gasteiger partial charge in [0, 0.05) is 18.6 Å². The molecule has 0 saturated heterocycles. The average Bonchev–Trinajstić information content (AvgIpc) is 2.85. The number of aryl methyl sites for hydroxylation is 1.